The standard InChI is InChI=1S/C37H44N4O6S2/c1-26-12-14-32(24-28(26)3)40-48(44,45)34-20-16-30(17-21-34)38-36(42)10-8-6-5-7-9-11-37(43)39-31-18-22-35(23-19-31)49(46,47)41-33-15-13-27(2)29(4)25-33/h12-25,40-41H,5-11H2,1-4H3,(H,38,42)(H,39,43). The Hall–Kier alpha value is -4.68. The molecule has 260 valence electrons. The Bertz CT molecular complexity index is 1850. The molecular formula is C37H44N4O6S2. The number of nitrogens with one attached hydrogen (secondary N) is 4. The summed E-state index contributed by atoms with van der Waals surface area (Å²) < 4.78 is 56.2. The molecular weight excluding hydrogens is 661 g/mol. The number of carbonyl (C=O) groups is 2. The molecule has 0 aromatic heterocycles. The van der Waals surface area contributed by atoms with E-state index < -0.39 is 20.0 Å². The molecule has 12 heteroatoms. The van der Waals surface area contributed by atoms with Gasteiger partial charge in [-0.2, -0.15) is 0 Å². The third kappa shape index (κ3) is 11.2. The van der Waals surface area contributed by atoms with Gasteiger partial charge in [-0.25, -0.2) is 16.8 Å². The minimum atomic E-state index is -3.76. The quantitative estimate of drug-likeness (QED) is 0.0874. The zero-order valence-electron chi connectivity index (χ0n) is 28.3. The normalized spacial score (nSPS) is 11.5. The second-order valence-electron chi connectivity index (χ2n) is 12.2. The summed E-state index contributed by atoms with van der Waals surface area (Å²) in [6.45, 7) is 7.75. The fraction of sp³-hybridized carbons (Fsp3) is 0.297. The second-order valence-corrected chi connectivity index (χ2v) is 15.6. The molecule has 0 aliphatic carbocycles. The Kier molecular flexibility index (Phi) is 12.6. The Balaban J connectivity index is 1.10. The third-order valence-corrected chi connectivity index (χ3v) is 11.0. The van der Waals surface area contributed by atoms with Gasteiger partial charge < -0.3 is 10.6 Å². The average Bonchev–Trinajstić information content (AvgIpc) is 3.04. The lowest BCUT2D eigenvalue weighted by Gasteiger charge is -2.11. The highest BCUT2D eigenvalue weighted by Gasteiger charge is 2.16. The maximum absolute atomic E-state index is 12.8. The van der Waals surface area contributed by atoms with Gasteiger partial charge in [0.25, 0.3) is 20.0 Å². The van der Waals surface area contributed by atoms with E-state index in [2.05, 4.69) is 20.1 Å². The predicted octanol–water partition coefficient (Wildman–Crippen LogP) is 7.83. The molecule has 0 bridgehead atoms. The summed E-state index contributed by atoms with van der Waals surface area (Å²) in [6.07, 6.45) is 4.60. The zero-order chi connectivity index (χ0) is 35.6. The van der Waals surface area contributed by atoms with E-state index >= 15 is 0 Å². The van der Waals surface area contributed by atoms with Gasteiger partial charge in [-0.05, 0) is 136 Å². The molecule has 0 saturated carbocycles. The maximum atomic E-state index is 12.8. The molecule has 4 aromatic rings. The monoisotopic (exact) mass is 704 g/mol. The Morgan fingerprint density at radius 3 is 1.12 bits per heavy atom. The highest BCUT2D eigenvalue weighted by molar-refractivity contribution is 7.93. The number of sulfonamides is 2. The molecule has 0 radical (unpaired) electrons. The molecule has 4 aromatic carbocycles. The van der Waals surface area contributed by atoms with Crippen molar-refractivity contribution in [3.63, 3.8) is 0 Å². The summed E-state index contributed by atoms with van der Waals surface area (Å²) in [5.41, 5.74) is 6.14. The van der Waals surface area contributed by atoms with Gasteiger partial charge in [0.05, 0.1) is 9.79 Å². The number of hydrogen-bond donors (Lipinski definition) is 4. The first-order valence-corrected chi connectivity index (χ1v) is 19.2. The second kappa shape index (κ2) is 16.6. The minimum absolute atomic E-state index is 0.0999. The lowest BCUT2D eigenvalue weighted by Crippen LogP contribution is -2.14. The fourth-order valence-corrected chi connectivity index (χ4v) is 7.12. The van der Waals surface area contributed by atoms with Crippen molar-refractivity contribution < 1.29 is 26.4 Å². The topological polar surface area (TPSA) is 151 Å². The number of hydrogen-bond acceptors (Lipinski definition) is 6. The molecule has 0 fully saturated rings. The Morgan fingerprint density at radius 1 is 0.449 bits per heavy atom. The highest BCUT2D eigenvalue weighted by atomic mass is 32.2. The van der Waals surface area contributed by atoms with Crippen molar-refractivity contribution in [3.05, 3.63) is 107 Å². The van der Waals surface area contributed by atoms with Crippen molar-refractivity contribution in [2.24, 2.45) is 0 Å². The average molecular weight is 705 g/mol. The molecule has 49 heavy (non-hydrogen) atoms. The first kappa shape index (κ1) is 37.1. The van der Waals surface area contributed by atoms with Crippen molar-refractivity contribution in [1.82, 2.24) is 0 Å². The summed E-state index contributed by atoms with van der Waals surface area (Å²) in [6, 6.07) is 22.8. The Morgan fingerprint density at radius 2 is 0.776 bits per heavy atom. The maximum Gasteiger partial charge on any atom is 0.261 e. The first-order chi connectivity index (χ1) is 23.2. The van der Waals surface area contributed by atoms with Crippen molar-refractivity contribution >= 4 is 54.6 Å². The number of anilines is 4. The molecule has 4 rings (SSSR count). The van der Waals surface area contributed by atoms with Crippen molar-refractivity contribution in [1.29, 1.82) is 0 Å². The van der Waals surface area contributed by atoms with Gasteiger partial charge in [0.2, 0.25) is 11.8 Å². The van der Waals surface area contributed by atoms with Crippen LogP contribution in [0, 0.1) is 27.7 Å². The Labute approximate surface area is 289 Å². The largest absolute Gasteiger partial charge is 0.326 e. The molecule has 0 aliphatic heterocycles. The third-order valence-electron chi connectivity index (χ3n) is 8.22. The number of unbranched alkanes of at least 4 members (excludes halogenated alkanes) is 4. The van der Waals surface area contributed by atoms with Gasteiger partial charge in [0.1, 0.15) is 0 Å². The van der Waals surface area contributed by atoms with Crippen molar-refractivity contribution in [3.8, 4) is 0 Å². The number of benzene rings is 4. The zero-order valence-corrected chi connectivity index (χ0v) is 29.9. The van der Waals surface area contributed by atoms with E-state index in [0.717, 1.165) is 41.5 Å². The van der Waals surface area contributed by atoms with Crippen LogP contribution in [0.2, 0.25) is 0 Å². The van der Waals surface area contributed by atoms with Crippen LogP contribution in [0.1, 0.15) is 67.2 Å². The number of carbonyl (C=O) groups excluding carboxylic acids is 2. The van der Waals surface area contributed by atoms with E-state index in [1.54, 1.807) is 48.5 Å². The van der Waals surface area contributed by atoms with Crippen LogP contribution in [0.25, 0.3) is 0 Å². The van der Waals surface area contributed by atoms with Crippen LogP contribution in [0.4, 0.5) is 22.7 Å². The summed E-state index contributed by atoms with van der Waals surface area (Å²) >= 11 is 0. The minimum Gasteiger partial charge on any atom is -0.326 e. The van der Waals surface area contributed by atoms with E-state index in [0.29, 0.717) is 48.4 Å². The summed E-state index contributed by atoms with van der Waals surface area (Å²) in [5.74, 6) is -0.300. The SMILES string of the molecule is Cc1ccc(NS(=O)(=O)c2ccc(NC(=O)CCCCCCCC(=O)Nc3ccc(S(=O)(=O)Nc4ccc(C)c(C)c4)cc3)cc2)cc1C. The number of aryl methyl sites for hydroxylation is 4. The lowest BCUT2D eigenvalue weighted by atomic mass is 10.1. The van der Waals surface area contributed by atoms with Gasteiger partial charge in [0.15, 0.2) is 0 Å². The molecule has 0 aliphatic rings. The van der Waals surface area contributed by atoms with E-state index in [1.165, 1.54) is 24.3 Å². The molecule has 0 atom stereocenters. The highest BCUT2D eigenvalue weighted by Crippen LogP contribution is 2.22. The number of amides is 2. The smallest absolute Gasteiger partial charge is 0.261 e. The van der Waals surface area contributed by atoms with Crippen LogP contribution in [-0.4, -0.2) is 28.6 Å². The van der Waals surface area contributed by atoms with Crippen LogP contribution in [0.3, 0.4) is 0 Å². The van der Waals surface area contributed by atoms with E-state index in [-0.39, 0.29) is 21.6 Å². The van der Waals surface area contributed by atoms with Crippen LogP contribution < -0.4 is 20.1 Å². The molecule has 0 saturated heterocycles. The molecule has 0 heterocycles. The van der Waals surface area contributed by atoms with Gasteiger partial charge in [-0.1, -0.05) is 31.4 Å². The van der Waals surface area contributed by atoms with Crippen LogP contribution >= 0.6 is 0 Å². The van der Waals surface area contributed by atoms with Gasteiger partial charge in [-0.3, -0.25) is 19.0 Å². The van der Waals surface area contributed by atoms with Crippen LogP contribution in [0.15, 0.2) is 94.7 Å². The summed E-state index contributed by atoms with van der Waals surface area (Å²) in [7, 11) is -7.53. The van der Waals surface area contributed by atoms with Crippen LogP contribution in [-0.2, 0) is 29.6 Å². The molecule has 2 amide bonds. The van der Waals surface area contributed by atoms with E-state index in [1.807, 2.05) is 39.8 Å². The van der Waals surface area contributed by atoms with Gasteiger partial charge >= 0.3 is 0 Å². The summed E-state index contributed by atoms with van der Waals surface area (Å²) in [5, 5.41) is 5.61. The van der Waals surface area contributed by atoms with E-state index in [4.69, 9.17) is 0 Å². The summed E-state index contributed by atoms with van der Waals surface area (Å²) in [4.78, 5) is 25.0. The van der Waals surface area contributed by atoms with Gasteiger partial charge in [-0.15, -0.1) is 0 Å². The van der Waals surface area contributed by atoms with Crippen molar-refractivity contribution in [2.75, 3.05) is 20.1 Å². The predicted molar refractivity (Wildman–Crippen MR) is 196 cm³/mol. The molecule has 0 unspecified atom stereocenters. The first-order valence-electron chi connectivity index (χ1n) is 16.2. The van der Waals surface area contributed by atoms with Gasteiger partial charge in [0, 0.05) is 35.6 Å². The molecule has 0 spiro atoms. The fourth-order valence-electron chi connectivity index (χ4n) is 5.02. The van der Waals surface area contributed by atoms with E-state index in [9.17, 15) is 26.4 Å². The lowest BCUT2D eigenvalue weighted by molar-refractivity contribution is -0.117. The molecule has 4 N–H and O–H groups in total. The van der Waals surface area contributed by atoms with Crippen LogP contribution in [0.5, 0.6) is 0 Å². The van der Waals surface area contributed by atoms with Crippen molar-refractivity contribution in [2.45, 2.75) is 82.4 Å². The molecule has 10 nitrogen and oxygen atoms in total. The number of rotatable bonds is 16.